The summed E-state index contributed by atoms with van der Waals surface area (Å²) >= 11 is 0. The molecule has 1 aliphatic carbocycles. The van der Waals surface area contributed by atoms with Gasteiger partial charge in [-0.2, -0.15) is 0 Å². The molecule has 32 heavy (non-hydrogen) atoms. The third kappa shape index (κ3) is 2.53. The maximum absolute atomic E-state index is 3.62. The molecule has 2 heterocycles. The third-order valence-corrected chi connectivity index (χ3v) is 6.85. The van der Waals surface area contributed by atoms with Crippen molar-refractivity contribution in [3.8, 4) is 5.69 Å². The van der Waals surface area contributed by atoms with Crippen LogP contribution in [0, 0.1) is 0 Å². The fourth-order valence-corrected chi connectivity index (χ4v) is 5.34. The van der Waals surface area contributed by atoms with Gasteiger partial charge in [0, 0.05) is 38.6 Å². The molecule has 0 spiro atoms. The van der Waals surface area contributed by atoms with Gasteiger partial charge in [0.1, 0.15) is 0 Å². The van der Waals surface area contributed by atoms with Gasteiger partial charge >= 0.3 is 0 Å². The molecule has 0 saturated carbocycles. The summed E-state index contributed by atoms with van der Waals surface area (Å²) in [5, 5.41) is 3.94. The number of nitrogens with zero attached hydrogens (tertiary/aromatic N) is 1. The van der Waals surface area contributed by atoms with Gasteiger partial charge in [-0.15, -0.1) is 0 Å². The molecule has 0 bridgehead atoms. The third-order valence-electron chi connectivity index (χ3n) is 6.85. The van der Waals surface area contributed by atoms with Crippen molar-refractivity contribution < 1.29 is 0 Å². The van der Waals surface area contributed by atoms with Crippen LogP contribution in [0.25, 0.3) is 50.0 Å². The molecule has 1 N–H and O–H groups in total. The molecule has 0 radical (unpaired) electrons. The summed E-state index contributed by atoms with van der Waals surface area (Å²) in [7, 11) is 0. The van der Waals surface area contributed by atoms with Gasteiger partial charge < -0.3 is 9.55 Å². The number of aromatic amines is 1. The Hall–Kier alpha value is -4.04. The van der Waals surface area contributed by atoms with E-state index in [1.165, 1.54) is 60.8 Å². The highest BCUT2D eigenvalue weighted by Crippen LogP contribution is 2.38. The molecule has 0 atom stereocenters. The van der Waals surface area contributed by atoms with Crippen molar-refractivity contribution in [2.45, 2.75) is 12.8 Å². The molecule has 2 aromatic heterocycles. The number of aryl methyl sites for hydroxylation is 1. The van der Waals surface area contributed by atoms with Crippen LogP contribution in [0.2, 0.25) is 0 Å². The van der Waals surface area contributed by atoms with Gasteiger partial charge in [-0.1, -0.05) is 60.7 Å². The van der Waals surface area contributed by atoms with Gasteiger partial charge in [-0.25, -0.2) is 0 Å². The average molecular weight is 411 g/mol. The maximum atomic E-state index is 3.62. The van der Waals surface area contributed by atoms with E-state index >= 15 is 0 Å². The molecule has 1 aliphatic rings. The van der Waals surface area contributed by atoms with Gasteiger partial charge in [0.15, 0.2) is 0 Å². The number of aromatic nitrogens is 2. The van der Waals surface area contributed by atoms with Crippen LogP contribution in [0.3, 0.4) is 0 Å². The van der Waals surface area contributed by atoms with Crippen LogP contribution in [0.15, 0.2) is 97.1 Å². The number of H-pyrrole nitrogens is 1. The van der Waals surface area contributed by atoms with Crippen molar-refractivity contribution in [2.75, 3.05) is 0 Å². The molecule has 0 fully saturated rings. The summed E-state index contributed by atoms with van der Waals surface area (Å²) in [5.41, 5.74) is 10.4. The van der Waals surface area contributed by atoms with Gasteiger partial charge in [-0.3, -0.25) is 0 Å². The lowest BCUT2D eigenvalue weighted by Crippen LogP contribution is -1.98. The Labute approximate surface area is 186 Å². The number of benzene rings is 4. The Balaban J connectivity index is 1.45. The van der Waals surface area contributed by atoms with E-state index in [2.05, 4.69) is 113 Å². The first-order chi connectivity index (χ1) is 15.9. The molecule has 6 aromatic rings. The predicted octanol–water partition coefficient (Wildman–Crippen LogP) is 7.75. The lowest BCUT2D eigenvalue weighted by Gasteiger charge is -2.15. The van der Waals surface area contributed by atoms with Crippen molar-refractivity contribution in [2.24, 2.45) is 0 Å². The first-order valence-electron chi connectivity index (χ1n) is 11.3. The highest BCUT2D eigenvalue weighted by molar-refractivity contribution is 6.10. The van der Waals surface area contributed by atoms with Crippen LogP contribution in [-0.4, -0.2) is 9.55 Å². The Bertz CT molecular complexity index is 1660. The smallest absolute Gasteiger partial charge is 0.0541 e. The van der Waals surface area contributed by atoms with Crippen molar-refractivity contribution >= 4 is 44.4 Å². The number of hydrogen-bond acceptors (Lipinski definition) is 0. The second kappa shape index (κ2) is 6.73. The minimum Gasteiger partial charge on any atom is -0.358 e. The topological polar surface area (TPSA) is 20.7 Å². The van der Waals surface area contributed by atoms with Crippen LogP contribution < -0.4 is 0 Å². The van der Waals surface area contributed by atoms with E-state index in [9.17, 15) is 0 Å². The van der Waals surface area contributed by atoms with Crippen LogP contribution in [-0.2, 0) is 6.42 Å². The molecule has 0 aliphatic heterocycles. The van der Waals surface area contributed by atoms with Gasteiger partial charge in [0.25, 0.3) is 0 Å². The van der Waals surface area contributed by atoms with E-state index in [1.807, 2.05) is 0 Å². The minimum absolute atomic E-state index is 1.06. The molecular formula is C30H22N2. The number of nitrogens with one attached hydrogen (secondary N) is 1. The van der Waals surface area contributed by atoms with E-state index in [4.69, 9.17) is 0 Å². The summed E-state index contributed by atoms with van der Waals surface area (Å²) in [4.78, 5) is 3.62. The van der Waals surface area contributed by atoms with Gasteiger partial charge in [0.2, 0.25) is 0 Å². The summed E-state index contributed by atoms with van der Waals surface area (Å²) in [6.07, 6.45) is 4.51. The molecule has 0 saturated heterocycles. The number of fused-ring (bicyclic) bond motifs is 6. The fourth-order valence-electron chi connectivity index (χ4n) is 5.34. The number of hydrogen-bond donors (Lipinski definition) is 1. The highest BCUT2D eigenvalue weighted by Gasteiger charge is 2.18. The standard InChI is InChI=1S/C30H22N2/c1-2-8-22(9-3-1)32-29-13-7-5-11-24(29)26-19-21(15-17-30(26)32)20-14-16-28-25(18-20)23-10-4-6-12-27(23)31-28/h1-13,15,17-19,31H,14,16H2. The van der Waals surface area contributed by atoms with E-state index in [-0.39, 0.29) is 0 Å². The zero-order valence-electron chi connectivity index (χ0n) is 17.7. The molecule has 2 nitrogen and oxygen atoms in total. The lowest BCUT2D eigenvalue weighted by molar-refractivity contribution is 0.964. The fraction of sp³-hybridized carbons (Fsp3) is 0.0667. The van der Waals surface area contributed by atoms with Crippen LogP contribution >= 0.6 is 0 Å². The Morgan fingerprint density at radius 2 is 1.38 bits per heavy atom. The van der Waals surface area contributed by atoms with Gasteiger partial charge in [-0.05, 0) is 66.5 Å². The van der Waals surface area contributed by atoms with Crippen molar-refractivity contribution in [3.63, 3.8) is 0 Å². The lowest BCUT2D eigenvalue weighted by atomic mass is 9.91. The first kappa shape index (κ1) is 17.6. The van der Waals surface area contributed by atoms with Crippen LogP contribution in [0.5, 0.6) is 0 Å². The maximum Gasteiger partial charge on any atom is 0.0541 e. The molecule has 0 unspecified atom stereocenters. The van der Waals surface area contributed by atoms with E-state index < -0.39 is 0 Å². The molecular weight excluding hydrogens is 388 g/mol. The number of allylic oxidation sites excluding steroid dienone is 1. The van der Waals surface area contributed by atoms with E-state index in [1.54, 1.807) is 0 Å². The summed E-state index contributed by atoms with van der Waals surface area (Å²) in [6, 6.07) is 35.0. The quantitative estimate of drug-likeness (QED) is 0.301. The van der Waals surface area contributed by atoms with Crippen molar-refractivity contribution in [1.82, 2.24) is 9.55 Å². The van der Waals surface area contributed by atoms with Crippen LogP contribution in [0.4, 0.5) is 0 Å². The first-order valence-corrected chi connectivity index (χ1v) is 11.3. The monoisotopic (exact) mass is 410 g/mol. The SMILES string of the molecule is C1=C(c2ccc3c(c2)c2ccccc2n3-c2ccccc2)CCc2[nH]c3ccccc3c21. The molecule has 0 amide bonds. The van der Waals surface area contributed by atoms with Crippen LogP contribution in [0.1, 0.15) is 23.2 Å². The van der Waals surface area contributed by atoms with E-state index in [0.29, 0.717) is 0 Å². The molecule has 4 aromatic carbocycles. The number of para-hydroxylation sites is 3. The zero-order valence-corrected chi connectivity index (χ0v) is 17.7. The summed E-state index contributed by atoms with van der Waals surface area (Å²) < 4.78 is 2.38. The highest BCUT2D eigenvalue weighted by atomic mass is 15.0. The second-order valence-electron chi connectivity index (χ2n) is 8.65. The Kier molecular flexibility index (Phi) is 3.71. The normalized spacial score (nSPS) is 13.6. The molecule has 2 heteroatoms. The largest absolute Gasteiger partial charge is 0.358 e. The second-order valence-corrected chi connectivity index (χ2v) is 8.65. The molecule has 7 rings (SSSR count). The van der Waals surface area contributed by atoms with Gasteiger partial charge in [0.05, 0.1) is 11.0 Å². The summed E-state index contributed by atoms with van der Waals surface area (Å²) in [6.45, 7) is 0. The Morgan fingerprint density at radius 3 is 2.28 bits per heavy atom. The van der Waals surface area contributed by atoms with Crippen molar-refractivity contribution in [1.29, 1.82) is 0 Å². The predicted molar refractivity (Wildman–Crippen MR) is 135 cm³/mol. The van der Waals surface area contributed by atoms with E-state index in [0.717, 1.165) is 12.8 Å². The summed E-state index contributed by atoms with van der Waals surface area (Å²) in [5.74, 6) is 0. The molecule has 152 valence electrons. The zero-order chi connectivity index (χ0) is 21.1. The Morgan fingerprint density at radius 1 is 0.625 bits per heavy atom. The number of rotatable bonds is 2. The minimum atomic E-state index is 1.06. The van der Waals surface area contributed by atoms with Crippen molar-refractivity contribution in [3.05, 3.63) is 114 Å². The average Bonchev–Trinajstić information content (AvgIpc) is 3.39.